The third-order valence-electron chi connectivity index (χ3n) is 2.06. The average molecular weight is 241 g/mol. The highest BCUT2D eigenvalue weighted by Gasteiger charge is 2.05. The molecule has 0 fully saturated rings. The van der Waals surface area contributed by atoms with E-state index in [1.165, 1.54) is 0 Å². The lowest BCUT2D eigenvalue weighted by Gasteiger charge is -2.12. The summed E-state index contributed by atoms with van der Waals surface area (Å²) in [5.41, 5.74) is 6.33. The van der Waals surface area contributed by atoms with Crippen LogP contribution < -0.4 is 15.2 Å². The normalized spacial score (nSPS) is 10.2. The Hall–Kier alpha value is -1.46. The molecule has 0 radical (unpaired) electrons. The van der Waals surface area contributed by atoms with Crippen molar-refractivity contribution in [3.8, 4) is 11.5 Å². The Labute approximate surface area is 101 Å². The SMILES string of the molecule is COCCOc1ccc(N)cc1OCCOC. The van der Waals surface area contributed by atoms with Gasteiger partial charge in [-0.25, -0.2) is 0 Å². The van der Waals surface area contributed by atoms with Gasteiger partial charge in [-0.2, -0.15) is 0 Å². The van der Waals surface area contributed by atoms with Crippen LogP contribution in [0.25, 0.3) is 0 Å². The summed E-state index contributed by atoms with van der Waals surface area (Å²) in [4.78, 5) is 0. The van der Waals surface area contributed by atoms with Crippen molar-refractivity contribution in [2.45, 2.75) is 0 Å². The quantitative estimate of drug-likeness (QED) is 0.549. The van der Waals surface area contributed by atoms with E-state index >= 15 is 0 Å². The van der Waals surface area contributed by atoms with Crippen LogP contribution in [-0.2, 0) is 9.47 Å². The molecule has 1 aromatic rings. The smallest absolute Gasteiger partial charge is 0.163 e. The van der Waals surface area contributed by atoms with Gasteiger partial charge in [0.15, 0.2) is 11.5 Å². The minimum Gasteiger partial charge on any atom is -0.487 e. The van der Waals surface area contributed by atoms with Crippen LogP contribution in [0.4, 0.5) is 5.69 Å². The van der Waals surface area contributed by atoms with Gasteiger partial charge in [0, 0.05) is 26.0 Å². The van der Waals surface area contributed by atoms with Gasteiger partial charge in [0.25, 0.3) is 0 Å². The van der Waals surface area contributed by atoms with Gasteiger partial charge in [0.1, 0.15) is 13.2 Å². The molecule has 0 aromatic heterocycles. The lowest BCUT2D eigenvalue weighted by Crippen LogP contribution is -2.08. The van der Waals surface area contributed by atoms with Crippen LogP contribution >= 0.6 is 0 Å². The molecule has 2 N–H and O–H groups in total. The zero-order valence-corrected chi connectivity index (χ0v) is 10.3. The molecule has 1 rings (SSSR count). The Morgan fingerprint density at radius 3 is 2.06 bits per heavy atom. The molecule has 96 valence electrons. The molecule has 0 saturated heterocycles. The molecule has 0 saturated carbocycles. The zero-order valence-electron chi connectivity index (χ0n) is 10.3. The van der Waals surface area contributed by atoms with E-state index in [0.717, 1.165) is 0 Å². The van der Waals surface area contributed by atoms with Crippen molar-refractivity contribution >= 4 is 5.69 Å². The second-order valence-corrected chi connectivity index (χ2v) is 3.39. The van der Waals surface area contributed by atoms with Gasteiger partial charge in [-0.1, -0.05) is 0 Å². The first-order chi connectivity index (χ1) is 8.27. The van der Waals surface area contributed by atoms with E-state index in [-0.39, 0.29) is 0 Å². The largest absolute Gasteiger partial charge is 0.487 e. The molecule has 0 aliphatic rings. The maximum Gasteiger partial charge on any atom is 0.163 e. The van der Waals surface area contributed by atoms with E-state index in [1.807, 2.05) is 0 Å². The predicted octanol–water partition coefficient (Wildman–Crippen LogP) is 1.32. The van der Waals surface area contributed by atoms with Crippen LogP contribution in [0.3, 0.4) is 0 Å². The minimum absolute atomic E-state index is 0.459. The first kappa shape index (κ1) is 13.6. The number of nitrogen functional groups attached to an aromatic ring is 1. The number of ether oxygens (including phenoxy) is 4. The molecule has 0 aliphatic heterocycles. The van der Waals surface area contributed by atoms with Gasteiger partial charge in [-0.3, -0.25) is 0 Å². The summed E-state index contributed by atoms with van der Waals surface area (Å²) in [6, 6.07) is 5.29. The highest BCUT2D eigenvalue weighted by molar-refractivity contribution is 5.51. The van der Waals surface area contributed by atoms with Gasteiger partial charge in [0.2, 0.25) is 0 Å². The number of methoxy groups -OCH3 is 2. The molecule has 0 bridgehead atoms. The fourth-order valence-corrected chi connectivity index (χ4v) is 1.23. The average Bonchev–Trinajstić information content (AvgIpc) is 2.32. The maximum atomic E-state index is 5.70. The zero-order chi connectivity index (χ0) is 12.5. The van der Waals surface area contributed by atoms with Gasteiger partial charge >= 0.3 is 0 Å². The second-order valence-electron chi connectivity index (χ2n) is 3.39. The standard InChI is InChI=1S/C12H19NO4/c1-14-5-7-16-11-4-3-10(13)9-12(11)17-8-6-15-2/h3-4,9H,5-8,13H2,1-2H3. The summed E-state index contributed by atoms with van der Waals surface area (Å²) in [6.45, 7) is 1.98. The molecule has 0 atom stereocenters. The molecule has 17 heavy (non-hydrogen) atoms. The molecule has 0 spiro atoms. The summed E-state index contributed by atoms with van der Waals surface area (Å²) in [6.07, 6.45) is 0. The summed E-state index contributed by atoms with van der Waals surface area (Å²) in [7, 11) is 3.25. The Bertz CT molecular complexity index is 330. The Balaban J connectivity index is 2.59. The van der Waals surface area contributed by atoms with E-state index < -0.39 is 0 Å². The van der Waals surface area contributed by atoms with Crippen LogP contribution in [-0.4, -0.2) is 40.6 Å². The second kappa shape index (κ2) is 7.76. The fraction of sp³-hybridized carbons (Fsp3) is 0.500. The summed E-state index contributed by atoms with van der Waals surface area (Å²) in [5.74, 6) is 1.28. The number of anilines is 1. The van der Waals surface area contributed by atoms with Crippen molar-refractivity contribution in [2.75, 3.05) is 46.4 Å². The maximum absolute atomic E-state index is 5.70. The van der Waals surface area contributed by atoms with Crippen LogP contribution in [0.5, 0.6) is 11.5 Å². The van der Waals surface area contributed by atoms with E-state index in [9.17, 15) is 0 Å². The van der Waals surface area contributed by atoms with Crippen LogP contribution in [0.15, 0.2) is 18.2 Å². The molecular weight excluding hydrogens is 222 g/mol. The molecular formula is C12H19NO4. The third kappa shape index (κ3) is 4.93. The molecule has 0 amide bonds. The fourth-order valence-electron chi connectivity index (χ4n) is 1.23. The Kier molecular flexibility index (Phi) is 6.21. The van der Waals surface area contributed by atoms with Crippen LogP contribution in [0.1, 0.15) is 0 Å². The van der Waals surface area contributed by atoms with Gasteiger partial charge in [-0.05, 0) is 12.1 Å². The number of rotatable bonds is 8. The third-order valence-corrected chi connectivity index (χ3v) is 2.06. The van der Waals surface area contributed by atoms with Gasteiger partial charge in [0.05, 0.1) is 13.2 Å². The van der Waals surface area contributed by atoms with E-state index in [0.29, 0.717) is 43.6 Å². The first-order valence-corrected chi connectivity index (χ1v) is 5.41. The van der Waals surface area contributed by atoms with Crippen molar-refractivity contribution in [1.82, 2.24) is 0 Å². The molecule has 0 aliphatic carbocycles. The van der Waals surface area contributed by atoms with Crippen molar-refractivity contribution in [2.24, 2.45) is 0 Å². The van der Waals surface area contributed by atoms with Crippen LogP contribution in [0.2, 0.25) is 0 Å². The summed E-state index contributed by atoms with van der Waals surface area (Å²) in [5, 5.41) is 0. The highest BCUT2D eigenvalue weighted by atomic mass is 16.5. The first-order valence-electron chi connectivity index (χ1n) is 5.41. The molecule has 5 heteroatoms. The van der Waals surface area contributed by atoms with Gasteiger partial charge < -0.3 is 24.7 Å². The van der Waals surface area contributed by atoms with Crippen molar-refractivity contribution in [1.29, 1.82) is 0 Å². The Morgan fingerprint density at radius 1 is 0.882 bits per heavy atom. The van der Waals surface area contributed by atoms with E-state index in [1.54, 1.807) is 32.4 Å². The lowest BCUT2D eigenvalue weighted by atomic mass is 10.3. The number of hydrogen-bond donors (Lipinski definition) is 1. The predicted molar refractivity (Wildman–Crippen MR) is 65.6 cm³/mol. The molecule has 1 aromatic carbocycles. The van der Waals surface area contributed by atoms with E-state index in [2.05, 4.69) is 0 Å². The molecule has 5 nitrogen and oxygen atoms in total. The minimum atomic E-state index is 0.459. The number of hydrogen-bond acceptors (Lipinski definition) is 5. The monoisotopic (exact) mass is 241 g/mol. The highest BCUT2D eigenvalue weighted by Crippen LogP contribution is 2.29. The summed E-state index contributed by atoms with van der Waals surface area (Å²) >= 11 is 0. The number of benzene rings is 1. The van der Waals surface area contributed by atoms with Crippen molar-refractivity contribution < 1.29 is 18.9 Å². The van der Waals surface area contributed by atoms with E-state index in [4.69, 9.17) is 24.7 Å². The van der Waals surface area contributed by atoms with Gasteiger partial charge in [-0.15, -0.1) is 0 Å². The summed E-state index contributed by atoms with van der Waals surface area (Å²) < 4.78 is 20.9. The molecule has 0 unspecified atom stereocenters. The topological polar surface area (TPSA) is 62.9 Å². The lowest BCUT2D eigenvalue weighted by molar-refractivity contribution is 0.132. The molecule has 0 heterocycles. The van der Waals surface area contributed by atoms with Crippen molar-refractivity contribution in [3.05, 3.63) is 18.2 Å². The van der Waals surface area contributed by atoms with Crippen molar-refractivity contribution in [3.63, 3.8) is 0 Å². The Morgan fingerprint density at radius 2 is 1.47 bits per heavy atom. The number of nitrogens with two attached hydrogens (primary N) is 1. The van der Waals surface area contributed by atoms with Crippen LogP contribution in [0, 0.1) is 0 Å².